The average molecular weight is 511 g/mol. The number of carbonyl (C=O) groups excluding carboxylic acids is 2. The number of rotatable bonds is 14. The van der Waals surface area contributed by atoms with Crippen molar-refractivity contribution < 1.29 is 28.3 Å². The number of unbranched alkanes of at least 4 members (excludes halogenated alkanes) is 4. The smallest absolute Gasteiger partial charge is 0.310 e. The summed E-state index contributed by atoms with van der Waals surface area (Å²) in [7, 11) is 2.11. The topological polar surface area (TPSA) is 87.6 Å². The molecule has 0 radical (unpaired) electrons. The summed E-state index contributed by atoms with van der Waals surface area (Å²) in [5.41, 5.74) is 1.42. The summed E-state index contributed by atoms with van der Waals surface area (Å²) in [6, 6.07) is 0. The van der Waals surface area contributed by atoms with Gasteiger partial charge in [0.1, 0.15) is 17.8 Å². The molecule has 35 heavy (non-hydrogen) atoms. The molecule has 1 aliphatic rings. The Morgan fingerprint density at radius 3 is 2.49 bits per heavy atom. The zero-order valence-corrected chi connectivity index (χ0v) is 23.2. The maximum Gasteiger partial charge on any atom is 0.310 e. The van der Waals surface area contributed by atoms with Crippen molar-refractivity contribution in [2.24, 2.45) is 0 Å². The van der Waals surface area contributed by atoms with Gasteiger partial charge in [0.25, 0.3) is 5.88 Å². The highest BCUT2D eigenvalue weighted by Crippen LogP contribution is 2.31. The highest BCUT2D eigenvalue weighted by molar-refractivity contribution is 6.99. The number of carbonyl (C=O) groups is 2. The van der Waals surface area contributed by atoms with Crippen LogP contribution >= 0.6 is 11.7 Å². The molecule has 1 aromatic heterocycles. The molecule has 0 saturated heterocycles. The maximum absolute atomic E-state index is 12.5. The zero-order valence-electron chi connectivity index (χ0n) is 22.4. The Morgan fingerprint density at radius 1 is 1.09 bits per heavy atom. The maximum atomic E-state index is 12.5. The Balaban J connectivity index is 1.81. The van der Waals surface area contributed by atoms with Crippen LogP contribution in [-0.2, 0) is 19.1 Å². The molecule has 1 aliphatic heterocycles. The van der Waals surface area contributed by atoms with E-state index in [1.54, 1.807) is 0 Å². The van der Waals surface area contributed by atoms with Crippen LogP contribution in [0.15, 0.2) is 6.08 Å². The first kappa shape index (κ1) is 29.2. The van der Waals surface area contributed by atoms with Crippen molar-refractivity contribution in [2.75, 3.05) is 26.7 Å². The molecule has 0 bridgehead atoms. The molecule has 0 aliphatic carbocycles. The summed E-state index contributed by atoms with van der Waals surface area (Å²) in [6.45, 7) is 11.9. The molecule has 9 heteroatoms. The van der Waals surface area contributed by atoms with Crippen LogP contribution in [0.3, 0.4) is 0 Å². The minimum absolute atomic E-state index is 0.231. The fourth-order valence-electron chi connectivity index (χ4n) is 4.02. The van der Waals surface area contributed by atoms with Gasteiger partial charge >= 0.3 is 11.9 Å². The van der Waals surface area contributed by atoms with Gasteiger partial charge in [-0.05, 0) is 40.0 Å². The lowest BCUT2D eigenvalue weighted by Crippen LogP contribution is -2.55. The van der Waals surface area contributed by atoms with E-state index in [0.717, 1.165) is 37.1 Å². The van der Waals surface area contributed by atoms with Crippen molar-refractivity contribution in [3.05, 3.63) is 11.8 Å². The molecule has 0 saturated carbocycles. The summed E-state index contributed by atoms with van der Waals surface area (Å²) in [5, 5.41) is 0. The molecule has 2 atom stereocenters. The number of hydrogen-bond donors (Lipinski definition) is 0. The largest absolute Gasteiger partial charge is 0.475 e. The standard InChI is InChI=1S/C26H44N3O5S/c1-7-8-9-12-18-32-25-24(27-35-28-25)21-14-13-17-29(6,19-21)20(2)33-22(30)15-10-11-16-23(31)34-26(3,4)5/h14,20H,7-13,15-19H2,1-6H3/q+1/t20-,29?/m1/s1. The number of aromatic nitrogens is 2. The van der Waals surface area contributed by atoms with Crippen LogP contribution in [0.5, 0.6) is 5.88 Å². The molecule has 8 nitrogen and oxygen atoms in total. The summed E-state index contributed by atoms with van der Waals surface area (Å²) in [4.78, 5) is 24.3. The van der Waals surface area contributed by atoms with Crippen LogP contribution in [0.2, 0.25) is 0 Å². The van der Waals surface area contributed by atoms with E-state index in [-0.39, 0.29) is 18.2 Å². The normalized spacial score (nSPS) is 19.1. The third kappa shape index (κ3) is 10.3. The van der Waals surface area contributed by atoms with E-state index in [0.29, 0.717) is 49.2 Å². The summed E-state index contributed by atoms with van der Waals surface area (Å²) >= 11 is 1.17. The molecule has 0 fully saturated rings. The first-order chi connectivity index (χ1) is 16.5. The predicted octanol–water partition coefficient (Wildman–Crippen LogP) is 5.52. The van der Waals surface area contributed by atoms with Gasteiger partial charge in [0.15, 0.2) is 0 Å². The first-order valence-corrected chi connectivity index (χ1v) is 13.7. The van der Waals surface area contributed by atoms with Crippen molar-refractivity contribution in [1.29, 1.82) is 0 Å². The molecule has 1 unspecified atom stereocenters. The Morgan fingerprint density at radius 2 is 1.80 bits per heavy atom. The second-order valence-electron chi connectivity index (χ2n) is 10.6. The fourth-order valence-corrected chi connectivity index (χ4v) is 4.56. The number of ether oxygens (including phenoxy) is 3. The van der Waals surface area contributed by atoms with E-state index >= 15 is 0 Å². The molecule has 1 aromatic rings. The SMILES string of the molecule is CCCCCCOc1nsnc1C1=CCC[N+](C)([C@@H](C)OC(=O)CCCCC(=O)OC(C)(C)C)C1. The summed E-state index contributed by atoms with van der Waals surface area (Å²) in [6.07, 6.45) is 9.18. The van der Waals surface area contributed by atoms with E-state index < -0.39 is 5.60 Å². The number of nitrogens with zero attached hydrogens (tertiary/aromatic N) is 3. The van der Waals surface area contributed by atoms with Crippen molar-refractivity contribution in [2.45, 2.75) is 104 Å². The highest BCUT2D eigenvalue weighted by Gasteiger charge is 2.36. The van der Waals surface area contributed by atoms with Gasteiger partial charge in [0, 0.05) is 31.8 Å². The summed E-state index contributed by atoms with van der Waals surface area (Å²) < 4.78 is 26.5. The van der Waals surface area contributed by atoms with E-state index in [2.05, 4.69) is 28.8 Å². The summed E-state index contributed by atoms with van der Waals surface area (Å²) in [5.74, 6) is 0.148. The van der Waals surface area contributed by atoms with Gasteiger partial charge in [-0.15, -0.1) is 4.37 Å². The lowest BCUT2D eigenvalue weighted by atomic mass is 10.0. The predicted molar refractivity (Wildman–Crippen MR) is 138 cm³/mol. The lowest BCUT2D eigenvalue weighted by Gasteiger charge is -2.41. The van der Waals surface area contributed by atoms with Gasteiger partial charge < -0.3 is 14.2 Å². The molecule has 0 aromatic carbocycles. The second kappa shape index (κ2) is 13.9. The van der Waals surface area contributed by atoms with Crippen LogP contribution in [-0.4, -0.2) is 63.7 Å². The zero-order chi connectivity index (χ0) is 25.9. The second-order valence-corrected chi connectivity index (χ2v) is 11.1. The van der Waals surface area contributed by atoms with Gasteiger partial charge in [-0.3, -0.25) is 14.1 Å². The molecular weight excluding hydrogens is 466 g/mol. The number of hydrogen-bond acceptors (Lipinski definition) is 8. The average Bonchev–Trinajstić information content (AvgIpc) is 3.24. The van der Waals surface area contributed by atoms with Gasteiger partial charge in [0.05, 0.1) is 31.9 Å². The monoisotopic (exact) mass is 510 g/mol. The Kier molecular flexibility index (Phi) is 11.6. The number of esters is 2. The molecule has 0 N–H and O–H groups in total. The molecular formula is C26H44N3O5S+. The lowest BCUT2D eigenvalue weighted by molar-refractivity contribution is -0.944. The van der Waals surface area contributed by atoms with Crippen molar-refractivity contribution in [3.63, 3.8) is 0 Å². The van der Waals surface area contributed by atoms with Crippen molar-refractivity contribution in [3.8, 4) is 5.88 Å². The molecule has 198 valence electrons. The van der Waals surface area contributed by atoms with Crippen molar-refractivity contribution in [1.82, 2.24) is 8.75 Å². The van der Waals surface area contributed by atoms with Gasteiger partial charge in [-0.2, -0.15) is 4.37 Å². The third-order valence-electron chi connectivity index (χ3n) is 6.17. The van der Waals surface area contributed by atoms with E-state index in [1.165, 1.54) is 24.6 Å². The van der Waals surface area contributed by atoms with Crippen molar-refractivity contribution >= 4 is 29.2 Å². The third-order valence-corrected chi connectivity index (χ3v) is 6.68. The number of likely N-dealkylation sites (N-methyl/N-ethyl adjacent to an activating group) is 1. The minimum Gasteiger partial charge on any atom is -0.475 e. The van der Waals surface area contributed by atoms with Crippen LogP contribution in [0.4, 0.5) is 0 Å². The first-order valence-electron chi connectivity index (χ1n) is 12.9. The molecule has 0 amide bonds. The van der Waals surface area contributed by atoms with E-state index in [9.17, 15) is 9.59 Å². The Bertz CT molecular complexity index is 848. The van der Waals surface area contributed by atoms with Gasteiger partial charge in [-0.25, -0.2) is 0 Å². The highest BCUT2D eigenvalue weighted by atomic mass is 32.1. The van der Waals surface area contributed by atoms with E-state index in [4.69, 9.17) is 14.2 Å². The number of quaternary nitrogens is 1. The van der Waals surface area contributed by atoms with E-state index in [1.807, 2.05) is 27.7 Å². The van der Waals surface area contributed by atoms with Crippen LogP contribution < -0.4 is 4.74 Å². The van der Waals surface area contributed by atoms with Crippen LogP contribution in [0, 0.1) is 0 Å². The van der Waals surface area contributed by atoms with Crippen LogP contribution in [0.1, 0.15) is 98.1 Å². The van der Waals surface area contributed by atoms with Crippen LogP contribution in [0.25, 0.3) is 5.57 Å². The fraction of sp³-hybridized carbons (Fsp3) is 0.769. The Labute approximate surface area is 214 Å². The Hall–Kier alpha value is -2.00. The molecule has 0 spiro atoms. The minimum atomic E-state index is -0.484. The molecule has 2 rings (SSSR count). The van der Waals surface area contributed by atoms with Gasteiger partial charge in [-0.1, -0.05) is 32.3 Å². The van der Waals surface area contributed by atoms with Gasteiger partial charge in [0.2, 0.25) is 6.23 Å². The molecule has 2 heterocycles. The quantitative estimate of drug-likeness (QED) is 0.185.